The van der Waals surface area contributed by atoms with Crippen molar-refractivity contribution in [3.05, 3.63) is 17.1 Å². The first kappa shape index (κ1) is 10.6. The van der Waals surface area contributed by atoms with Crippen molar-refractivity contribution in [2.45, 2.75) is 0 Å². The smallest absolute Gasteiger partial charge is 0.290 e. The summed E-state index contributed by atoms with van der Waals surface area (Å²) in [6.07, 6.45) is 3.33. The number of halogens is 1. The summed E-state index contributed by atoms with van der Waals surface area (Å²) in [4.78, 5) is 20.6. The van der Waals surface area contributed by atoms with Crippen LogP contribution in [0.4, 0.5) is 0 Å². The molecule has 2 aromatic heterocycles. The van der Waals surface area contributed by atoms with Gasteiger partial charge in [0.2, 0.25) is 0 Å². The third kappa shape index (κ3) is 2.25. The molecule has 0 aliphatic carbocycles. The van der Waals surface area contributed by atoms with Crippen LogP contribution in [0.25, 0.3) is 11.3 Å². The Morgan fingerprint density at radius 1 is 1.57 bits per heavy atom. The van der Waals surface area contributed by atoms with E-state index in [1.54, 1.807) is 12.5 Å². The summed E-state index contributed by atoms with van der Waals surface area (Å²) in [5.41, 5.74) is 1.47. The summed E-state index contributed by atoms with van der Waals surface area (Å²) in [7, 11) is 1.89. The van der Waals surface area contributed by atoms with Crippen molar-refractivity contribution >= 4 is 33.7 Å². The molecule has 0 amide bonds. The van der Waals surface area contributed by atoms with Gasteiger partial charge in [-0.05, 0) is 15.9 Å². The minimum Gasteiger partial charge on any atom is -0.483 e. The minimum atomic E-state index is -0.250. The molecule has 0 aliphatic rings. The van der Waals surface area contributed by atoms with E-state index in [0.29, 0.717) is 5.65 Å². The number of hydrogen-bond donors (Lipinski definition) is 1. The molecule has 0 spiro atoms. The molecule has 1 N–H and O–H groups in total. The molecule has 0 aliphatic heterocycles. The number of imidazole rings is 1. The summed E-state index contributed by atoms with van der Waals surface area (Å²) in [5.74, 6) is 0. The lowest BCUT2D eigenvalue weighted by molar-refractivity contribution is -0.122. The van der Waals surface area contributed by atoms with Gasteiger partial charge in [-0.3, -0.25) is 4.79 Å². The van der Waals surface area contributed by atoms with E-state index in [2.05, 4.69) is 30.9 Å². The van der Waals surface area contributed by atoms with Crippen LogP contribution in [0.2, 0.25) is 0 Å². The summed E-state index contributed by atoms with van der Waals surface area (Å²) < 4.78 is 2.56. The molecule has 6 nitrogen and oxygen atoms in total. The molecule has 2 heterocycles. The van der Waals surface area contributed by atoms with Crippen molar-refractivity contribution in [2.24, 2.45) is 7.05 Å². The Morgan fingerprint density at radius 2 is 2.21 bits per heavy atom. The first-order chi connectivity index (χ1) is 6.69. The molecule has 0 unspecified atom stereocenters. The number of rotatable bonds is 0. The number of carboxylic acid groups (broad SMARTS) is 1. The van der Waals surface area contributed by atoms with E-state index in [0.717, 1.165) is 10.3 Å². The molecular weight excluding hydrogens is 252 g/mol. The maximum absolute atomic E-state index is 8.36. The van der Waals surface area contributed by atoms with Crippen molar-refractivity contribution in [3.8, 4) is 0 Å². The number of hydrogen-bond acceptors (Lipinski definition) is 4. The fourth-order valence-electron chi connectivity index (χ4n) is 0.876. The highest BCUT2D eigenvalue weighted by Gasteiger charge is 2.01. The lowest BCUT2D eigenvalue weighted by Gasteiger charge is -1.91. The number of fused-ring (bicyclic) bond motifs is 1. The first-order valence-corrected chi connectivity index (χ1v) is 4.35. The Labute approximate surface area is 87.8 Å². The van der Waals surface area contributed by atoms with Crippen LogP contribution in [0.3, 0.4) is 0 Å². The van der Waals surface area contributed by atoms with Gasteiger partial charge in [0.1, 0.15) is 4.60 Å². The van der Waals surface area contributed by atoms with Crippen molar-refractivity contribution in [1.29, 1.82) is 0 Å². The van der Waals surface area contributed by atoms with E-state index in [-0.39, 0.29) is 6.47 Å². The second-order valence-corrected chi connectivity index (χ2v) is 3.11. The molecule has 0 radical (unpaired) electrons. The molecule has 2 aromatic rings. The van der Waals surface area contributed by atoms with Gasteiger partial charge in [0.05, 0.1) is 12.5 Å². The molecular formula is C7H7BrN4O2. The van der Waals surface area contributed by atoms with Crippen LogP contribution >= 0.6 is 15.9 Å². The molecule has 7 heteroatoms. The first-order valence-electron chi connectivity index (χ1n) is 3.56. The number of aryl methyl sites for hydroxylation is 1. The van der Waals surface area contributed by atoms with Gasteiger partial charge in [0, 0.05) is 7.05 Å². The summed E-state index contributed by atoms with van der Waals surface area (Å²) in [6, 6.07) is 0. The van der Waals surface area contributed by atoms with Gasteiger partial charge in [-0.2, -0.15) is 0 Å². The monoisotopic (exact) mass is 258 g/mol. The Hall–Kier alpha value is -1.50. The highest BCUT2D eigenvalue weighted by atomic mass is 79.9. The van der Waals surface area contributed by atoms with Crippen molar-refractivity contribution in [3.63, 3.8) is 0 Å². The second-order valence-electron chi connectivity index (χ2n) is 2.30. The summed E-state index contributed by atoms with van der Waals surface area (Å²) in [6.45, 7) is -0.250. The van der Waals surface area contributed by atoms with Gasteiger partial charge < -0.3 is 9.67 Å². The highest BCUT2D eigenvalue weighted by molar-refractivity contribution is 9.10. The zero-order valence-corrected chi connectivity index (χ0v) is 8.84. The quantitative estimate of drug-likeness (QED) is 0.708. The van der Waals surface area contributed by atoms with E-state index < -0.39 is 0 Å². The maximum atomic E-state index is 8.36. The molecule has 0 aromatic carbocycles. The van der Waals surface area contributed by atoms with Gasteiger partial charge in [0.15, 0.2) is 11.3 Å². The molecule has 0 fully saturated rings. The third-order valence-corrected chi connectivity index (χ3v) is 1.78. The largest absolute Gasteiger partial charge is 0.483 e. The van der Waals surface area contributed by atoms with E-state index in [4.69, 9.17) is 9.90 Å². The average molecular weight is 259 g/mol. The predicted octanol–water partition coefficient (Wildman–Crippen LogP) is 0.827. The summed E-state index contributed by atoms with van der Waals surface area (Å²) in [5, 5.41) is 6.89. The van der Waals surface area contributed by atoms with Crippen LogP contribution in [0.15, 0.2) is 17.1 Å². The molecule has 0 saturated heterocycles. The topological polar surface area (TPSA) is 80.9 Å². The van der Waals surface area contributed by atoms with E-state index >= 15 is 0 Å². The second kappa shape index (κ2) is 4.66. The van der Waals surface area contributed by atoms with Crippen molar-refractivity contribution < 1.29 is 9.90 Å². The SMILES string of the molecule is Cn1cnc2ncc(Br)nc21.O=CO. The minimum absolute atomic E-state index is 0.250. The van der Waals surface area contributed by atoms with Crippen molar-refractivity contribution in [2.75, 3.05) is 0 Å². The Balaban J connectivity index is 0.000000293. The van der Waals surface area contributed by atoms with Crippen LogP contribution in [0.5, 0.6) is 0 Å². The fourth-order valence-corrected chi connectivity index (χ4v) is 1.15. The Kier molecular flexibility index (Phi) is 3.52. The molecule has 0 bridgehead atoms. The van der Waals surface area contributed by atoms with Crippen LogP contribution < -0.4 is 0 Å². The summed E-state index contributed by atoms with van der Waals surface area (Å²) >= 11 is 3.24. The van der Waals surface area contributed by atoms with E-state index in [9.17, 15) is 0 Å². The molecule has 14 heavy (non-hydrogen) atoms. The average Bonchev–Trinajstić information content (AvgIpc) is 2.49. The molecule has 0 atom stereocenters. The molecule has 0 saturated carbocycles. The highest BCUT2D eigenvalue weighted by Crippen LogP contribution is 2.09. The van der Waals surface area contributed by atoms with Gasteiger partial charge >= 0.3 is 0 Å². The van der Waals surface area contributed by atoms with E-state index in [1.807, 2.05) is 11.6 Å². The lowest BCUT2D eigenvalue weighted by atomic mass is 10.7. The normalized spacial score (nSPS) is 9.29. The van der Waals surface area contributed by atoms with Gasteiger partial charge in [0.25, 0.3) is 6.47 Å². The number of aromatic nitrogens is 4. The van der Waals surface area contributed by atoms with Crippen LogP contribution in [0.1, 0.15) is 0 Å². The maximum Gasteiger partial charge on any atom is 0.290 e. The van der Waals surface area contributed by atoms with Crippen LogP contribution in [-0.4, -0.2) is 31.1 Å². The molecule has 2 rings (SSSR count). The number of carbonyl (C=O) groups is 1. The number of nitrogens with zero attached hydrogens (tertiary/aromatic N) is 4. The standard InChI is InChI=1S/C6H5BrN4.CH2O2/c1-11-3-9-5-6(11)10-4(7)2-8-5;2-1-3/h2-3H,1H3;1H,(H,2,3). The molecule has 74 valence electrons. The van der Waals surface area contributed by atoms with Crippen LogP contribution in [0, 0.1) is 0 Å². The third-order valence-electron chi connectivity index (χ3n) is 1.39. The van der Waals surface area contributed by atoms with Crippen molar-refractivity contribution in [1.82, 2.24) is 19.5 Å². The Morgan fingerprint density at radius 3 is 2.86 bits per heavy atom. The zero-order chi connectivity index (χ0) is 10.6. The van der Waals surface area contributed by atoms with E-state index in [1.165, 1.54) is 0 Å². The van der Waals surface area contributed by atoms with Gasteiger partial charge in [-0.1, -0.05) is 0 Å². The predicted molar refractivity (Wildman–Crippen MR) is 52.7 cm³/mol. The van der Waals surface area contributed by atoms with Gasteiger partial charge in [-0.25, -0.2) is 15.0 Å². The van der Waals surface area contributed by atoms with Crippen LogP contribution in [-0.2, 0) is 11.8 Å². The fraction of sp³-hybridized carbons (Fsp3) is 0.143. The lowest BCUT2D eigenvalue weighted by Crippen LogP contribution is -1.89. The van der Waals surface area contributed by atoms with Gasteiger partial charge in [-0.15, -0.1) is 0 Å². The Bertz CT molecular complexity index is 442. The zero-order valence-electron chi connectivity index (χ0n) is 7.25.